The number of pyridine rings is 1. The molecule has 1 saturated carbocycles. The van der Waals surface area contributed by atoms with E-state index in [0.717, 1.165) is 18.4 Å². The summed E-state index contributed by atoms with van der Waals surface area (Å²) in [6.45, 7) is 0. The van der Waals surface area contributed by atoms with Crippen LogP contribution in [0.15, 0.2) is 12.1 Å². The van der Waals surface area contributed by atoms with Crippen molar-refractivity contribution in [2.75, 3.05) is 11.1 Å². The lowest BCUT2D eigenvalue weighted by molar-refractivity contribution is 0.462. The van der Waals surface area contributed by atoms with Crippen molar-refractivity contribution in [1.82, 2.24) is 15.0 Å². The molecule has 2 aromatic rings. The van der Waals surface area contributed by atoms with Crippen molar-refractivity contribution in [3.05, 3.63) is 17.3 Å². The Balaban J connectivity index is 1.98. The summed E-state index contributed by atoms with van der Waals surface area (Å²) in [6.07, 6.45) is 6.14. The van der Waals surface area contributed by atoms with E-state index in [-0.39, 0.29) is 5.95 Å². The van der Waals surface area contributed by atoms with Gasteiger partial charge in [0.2, 0.25) is 5.95 Å². The summed E-state index contributed by atoms with van der Waals surface area (Å²) in [5.74, 6) is 0.951. The number of nitrogen functional groups attached to an aromatic ring is 1. The Morgan fingerprint density at radius 1 is 1.11 bits per heavy atom. The molecule has 5 nitrogen and oxygen atoms in total. The van der Waals surface area contributed by atoms with E-state index in [4.69, 9.17) is 17.3 Å². The van der Waals surface area contributed by atoms with E-state index in [0.29, 0.717) is 22.5 Å². The Bertz CT molecular complexity index is 595. The largest absolute Gasteiger partial charge is 0.368 e. The van der Waals surface area contributed by atoms with Crippen molar-refractivity contribution < 1.29 is 0 Å². The maximum absolute atomic E-state index is 5.95. The van der Waals surface area contributed by atoms with Gasteiger partial charge in [-0.25, -0.2) is 9.97 Å². The molecule has 0 bridgehead atoms. The third-order valence-corrected chi connectivity index (χ3v) is 3.68. The van der Waals surface area contributed by atoms with Gasteiger partial charge in [-0.15, -0.1) is 0 Å². The van der Waals surface area contributed by atoms with Crippen LogP contribution in [0.25, 0.3) is 11.0 Å². The number of nitrogens with one attached hydrogen (secondary N) is 1. The van der Waals surface area contributed by atoms with Gasteiger partial charge in [0.15, 0.2) is 5.82 Å². The lowest BCUT2D eigenvalue weighted by Gasteiger charge is -2.23. The number of aromatic nitrogens is 3. The van der Waals surface area contributed by atoms with Crippen LogP contribution in [0.3, 0.4) is 0 Å². The highest BCUT2D eigenvalue weighted by Gasteiger charge is 2.16. The second-order valence-electron chi connectivity index (χ2n) is 4.91. The molecule has 0 unspecified atom stereocenters. The number of hydrogen-bond acceptors (Lipinski definition) is 5. The van der Waals surface area contributed by atoms with Crippen molar-refractivity contribution in [1.29, 1.82) is 0 Å². The zero-order valence-electron chi connectivity index (χ0n) is 10.6. The summed E-state index contributed by atoms with van der Waals surface area (Å²) in [5.41, 5.74) is 7.15. The van der Waals surface area contributed by atoms with Crippen molar-refractivity contribution in [3.8, 4) is 0 Å². The molecular weight excluding hydrogens is 262 g/mol. The van der Waals surface area contributed by atoms with Crippen molar-refractivity contribution in [3.63, 3.8) is 0 Å². The SMILES string of the molecule is Nc1nc(NC2CCCCC2)c2nc(Cl)ccc2n1. The molecule has 0 spiro atoms. The quantitative estimate of drug-likeness (QED) is 0.825. The minimum Gasteiger partial charge on any atom is -0.368 e. The van der Waals surface area contributed by atoms with Gasteiger partial charge in [-0.2, -0.15) is 4.98 Å². The van der Waals surface area contributed by atoms with Gasteiger partial charge in [-0.05, 0) is 25.0 Å². The van der Waals surface area contributed by atoms with Gasteiger partial charge in [-0.1, -0.05) is 30.9 Å². The van der Waals surface area contributed by atoms with Crippen LogP contribution < -0.4 is 11.1 Å². The predicted octanol–water partition coefficient (Wildman–Crippen LogP) is 3.01. The maximum Gasteiger partial charge on any atom is 0.222 e. The number of anilines is 2. The summed E-state index contributed by atoms with van der Waals surface area (Å²) in [5, 5.41) is 3.88. The lowest BCUT2D eigenvalue weighted by Crippen LogP contribution is -2.23. The fraction of sp³-hybridized carbons (Fsp3) is 0.462. The van der Waals surface area contributed by atoms with Crippen LogP contribution in [0, 0.1) is 0 Å². The Morgan fingerprint density at radius 3 is 2.68 bits per heavy atom. The normalized spacial score (nSPS) is 16.7. The van der Waals surface area contributed by atoms with Crippen LogP contribution >= 0.6 is 11.6 Å². The molecule has 0 radical (unpaired) electrons. The summed E-state index contributed by atoms with van der Waals surface area (Å²) in [4.78, 5) is 12.8. The molecule has 0 atom stereocenters. The summed E-state index contributed by atoms with van der Waals surface area (Å²) in [6, 6.07) is 3.96. The van der Waals surface area contributed by atoms with E-state index in [2.05, 4.69) is 20.3 Å². The molecule has 0 aromatic carbocycles. The van der Waals surface area contributed by atoms with Gasteiger partial charge < -0.3 is 11.1 Å². The first-order chi connectivity index (χ1) is 9.22. The van der Waals surface area contributed by atoms with Gasteiger partial charge in [0.1, 0.15) is 10.7 Å². The first-order valence-electron chi connectivity index (χ1n) is 6.59. The third-order valence-electron chi connectivity index (χ3n) is 3.47. The van der Waals surface area contributed by atoms with Gasteiger partial charge >= 0.3 is 0 Å². The second kappa shape index (κ2) is 5.17. The number of nitrogens with zero attached hydrogens (tertiary/aromatic N) is 3. The summed E-state index contributed by atoms with van der Waals surface area (Å²) < 4.78 is 0. The smallest absolute Gasteiger partial charge is 0.222 e. The number of hydrogen-bond donors (Lipinski definition) is 2. The van der Waals surface area contributed by atoms with E-state index in [9.17, 15) is 0 Å². The molecule has 19 heavy (non-hydrogen) atoms. The molecule has 3 N–H and O–H groups in total. The van der Waals surface area contributed by atoms with Crippen molar-refractivity contribution in [2.45, 2.75) is 38.1 Å². The molecule has 3 rings (SSSR count). The molecule has 1 aliphatic carbocycles. The number of rotatable bonds is 2. The lowest BCUT2D eigenvalue weighted by atomic mass is 9.95. The van der Waals surface area contributed by atoms with E-state index < -0.39 is 0 Å². The molecular formula is C13H16ClN5. The van der Waals surface area contributed by atoms with Crippen LogP contribution in [-0.2, 0) is 0 Å². The first-order valence-corrected chi connectivity index (χ1v) is 6.96. The Kier molecular flexibility index (Phi) is 3.38. The Morgan fingerprint density at radius 2 is 1.89 bits per heavy atom. The Labute approximate surface area is 116 Å². The van der Waals surface area contributed by atoms with Gasteiger partial charge in [-0.3, -0.25) is 0 Å². The average Bonchev–Trinajstić information content (AvgIpc) is 2.41. The van der Waals surface area contributed by atoms with Crippen LogP contribution in [-0.4, -0.2) is 21.0 Å². The van der Waals surface area contributed by atoms with E-state index >= 15 is 0 Å². The topological polar surface area (TPSA) is 76.7 Å². The Hall–Kier alpha value is -1.62. The summed E-state index contributed by atoms with van der Waals surface area (Å²) >= 11 is 5.95. The minimum atomic E-state index is 0.259. The zero-order chi connectivity index (χ0) is 13.2. The molecule has 2 aromatic heterocycles. The van der Waals surface area contributed by atoms with Gasteiger partial charge in [0.25, 0.3) is 0 Å². The molecule has 0 amide bonds. The van der Waals surface area contributed by atoms with E-state index in [1.807, 2.05) is 6.07 Å². The third kappa shape index (κ3) is 2.71. The first kappa shape index (κ1) is 12.4. The standard InChI is InChI=1S/C13H16ClN5/c14-10-7-6-9-11(18-10)12(19-13(15)17-9)16-8-4-2-1-3-5-8/h6-8H,1-5H2,(H3,15,16,17,19). The number of fused-ring (bicyclic) bond motifs is 1. The fourth-order valence-electron chi connectivity index (χ4n) is 2.55. The summed E-state index contributed by atoms with van der Waals surface area (Å²) in [7, 11) is 0. The maximum atomic E-state index is 5.95. The van der Waals surface area contributed by atoms with Crippen molar-refractivity contribution in [2.24, 2.45) is 0 Å². The average molecular weight is 278 g/mol. The molecule has 6 heteroatoms. The second-order valence-corrected chi connectivity index (χ2v) is 5.30. The molecule has 0 saturated heterocycles. The van der Waals surface area contributed by atoms with E-state index in [1.54, 1.807) is 6.07 Å². The predicted molar refractivity (Wildman–Crippen MR) is 77.3 cm³/mol. The van der Waals surface area contributed by atoms with Crippen LogP contribution in [0.1, 0.15) is 32.1 Å². The van der Waals surface area contributed by atoms with Gasteiger partial charge in [0, 0.05) is 6.04 Å². The van der Waals surface area contributed by atoms with Crippen LogP contribution in [0.5, 0.6) is 0 Å². The molecule has 1 aliphatic rings. The highest BCUT2D eigenvalue weighted by molar-refractivity contribution is 6.29. The minimum absolute atomic E-state index is 0.259. The van der Waals surface area contributed by atoms with Crippen molar-refractivity contribution >= 4 is 34.4 Å². The zero-order valence-corrected chi connectivity index (χ0v) is 11.3. The highest BCUT2D eigenvalue weighted by atomic mass is 35.5. The molecule has 0 aliphatic heterocycles. The van der Waals surface area contributed by atoms with Crippen LogP contribution in [0.4, 0.5) is 11.8 Å². The highest BCUT2D eigenvalue weighted by Crippen LogP contribution is 2.25. The molecule has 1 fully saturated rings. The fourth-order valence-corrected chi connectivity index (χ4v) is 2.70. The molecule has 100 valence electrons. The number of halogens is 1. The monoisotopic (exact) mass is 277 g/mol. The van der Waals surface area contributed by atoms with Crippen LogP contribution in [0.2, 0.25) is 5.15 Å². The molecule has 2 heterocycles. The number of nitrogens with two attached hydrogens (primary N) is 1. The van der Waals surface area contributed by atoms with Gasteiger partial charge in [0.05, 0.1) is 5.52 Å². The van der Waals surface area contributed by atoms with E-state index in [1.165, 1.54) is 19.3 Å².